The molecule has 1 atom stereocenters. The van der Waals surface area contributed by atoms with E-state index in [0.29, 0.717) is 0 Å². The van der Waals surface area contributed by atoms with Crippen molar-refractivity contribution in [3.63, 3.8) is 0 Å². The number of nitrogens with one attached hydrogen (secondary N) is 1. The molecule has 2 rings (SSSR count). The normalized spacial score (nSPS) is 15.7. The minimum atomic E-state index is -1.82. The Hall–Kier alpha value is -2.61. The Kier molecular flexibility index (Phi) is 10.0. The van der Waals surface area contributed by atoms with Crippen LogP contribution in [0.1, 0.15) is 38.7 Å². The van der Waals surface area contributed by atoms with Gasteiger partial charge in [0, 0.05) is 18.5 Å². The van der Waals surface area contributed by atoms with Crippen molar-refractivity contribution >= 4 is 17.8 Å². The zero-order valence-electron chi connectivity index (χ0n) is 16.7. The number of piperidine rings is 1. The van der Waals surface area contributed by atoms with E-state index in [1.807, 2.05) is 12.1 Å². The van der Waals surface area contributed by atoms with Gasteiger partial charge in [-0.2, -0.15) is 0 Å². The second-order valence-corrected chi connectivity index (χ2v) is 6.83. The summed E-state index contributed by atoms with van der Waals surface area (Å²) >= 11 is 0. The number of hydrogen-bond acceptors (Lipinski definition) is 5. The van der Waals surface area contributed by atoms with Gasteiger partial charge in [-0.3, -0.25) is 9.69 Å². The van der Waals surface area contributed by atoms with Crippen LogP contribution in [0.3, 0.4) is 0 Å². The number of carbonyl (C=O) groups excluding carboxylic acids is 1. The van der Waals surface area contributed by atoms with E-state index in [1.54, 1.807) is 7.11 Å². The summed E-state index contributed by atoms with van der Waals surface area (Å²) in [5.41, 5.74) is 1.27. The van der Waals surface area contributed by atoms with Crippen LogP contribution in [0.5, 0.6) is 5.75 Å². The predicted octanol–water partition coefficient (Wildman–Crippen LogP) is 1.98. The van der Waals surface area contributed by atoms with Crippen LogP contribution < -0.4 is 10.1 Å². The van der Waals surface area contributed by atoms with Gasteiger partial charge in [-0.25, -0.2) is 9.59 Å². The quantitative estimate of drug-likeness (QED) is 0.632. The fourth-order valence-corrected chi connectivity index (χ4v) is 2.85. The van der Waals surface area contributed by atoms with Gasteiger partial charge in [-0.15, -0.1) is 0 Å². The lowest BCUT2D eigenvalue weighted by molar-refractivity contribution is -0.159. The summed E-state index contributed by atoms with van der Waals surface area (Å²) in [6.07, 6.45) is 2.89. The third-order valence-corrected chi connectivity index (χ3v) is 4.68. The summed E-state index contributed by atoms with van der Waals surface area (Å²) < 4.78 is 5.27. The van der Waals surface area contributed by atoms with Gasteiger partial charge in [-0.1, -0.05) is 19.1 Å². The zero-order chi connectivity index (χ0) is 21.1. The minimum absolute atomic E-state index is 0.176. The van der Waals surface area contributed by atoms with Crippen LogP contribution in [0.2, 0.25) is 0 Å². The van der Waals surface area contributed by atoms with E-state index >= 15 is 0 Å². The first kappa shape index (κ1) is 23.4. The van der Waals surface area contributed by atoms with Crippen LogP contribution in [0.25, 0.3) is 0 Å². The molecule has 1 saturated heterocycles. The lowest BCUT2D eigenvalue weighted by Gasteiger charge is -2.31. The maximum absolute atomic E-state index is 12.2. The molecule has 1 aromatic carbocycles. The first-order valence-electron chi connectivity index (χ1n) is 9.38. The van der Waals surface area contributed by atoms with Crippen molar-refractivity contribution in [2.24, 2.45) is 5.92 Å². The average molecular weight is 394 g/mol. The molecule has 0 radical (unpaired) electrons. The Morgan fingerprint density at radius 2 is 1.82 bits per heavy atom. The van der Waals surface area contributed by atoms with Gasteiger partial charge in [0.1, 0.15) is 5.75 Å². The first-order chi connectivity index (χ1) is 13.3. The van der Waals surface area contributed by atoms with Crippen molar-refractivity contribution in [3.8, 4) is 5.75 Å². The number of nitrogens with zero attached hydrogens (tertiary/aromatic N) is 1. The van der Waals surface area contributed by atoms with Crippen molar-refractivity contribution < 1.29 is 29.3 Å². The van der Waals surface area contributed by atoms with Gasteiger partial charge in [0.15, 0.2) is 0 Å². The molecule has 0 aliphatic carbocycles. The summed E-state index contributed by atoms with van der Waals surface area (Å²) in [4.78, 5) is 32.8. The number of likely N-dealkylation sites (tertiary alicyclic amines) is 1. The molecule has 0 aromatic heterocycles. The molecule has 0 saturated carbocycles. The van der Waals surface area contributed by atoms with Gasteiger partial charge in [-0.05, 0) is 57.0 Å². The van der Waals surface area contributed by atoms with Gasteiger partial charge in [0.2, 0.25) is 5.91 Å². The third-order valence-electron chi connectivity index (χ3n) is 4.68. The highest BCUT2D eigenvalue weighted by Gasteiger charge is 2.25. The molecule has 3 N–H and O–H groups in total. The Morgan fingerprint density at radius 3 is 2.32 bits per heavy atom. The Labute approximate surface area is 165 Å². The maximum atomic E-state index is 12.2. The first-order valence-corrected chi connectivity index (χ1v) is 9.38. The molecule has 28 heavy (non-hydrogen) atoms. The van der Waals surface area contributed by atoms with Crippen LogP contribution in [0, 0.1) is 5.92 Å². The Bertz CT molecular complexity index is 644. The van der Waals surface area contributed by atoms with E-state index in [1.165, 1.54) is 5.56 Å². The van der Waals surface area contributed by atoms with E-state index in [2.05, 4.69) is 36.2 Å². The molecule has 1 heterocycles. The second kappa shape index (κ2) is 12.0. The molecule has 0 spiro atoms. The standard InChI is InChI=1S/C18H28N2O2.C2H2O4/c1-4-14(2)19-18(21)16-8-10-20(11-9-16)13-15-6-5-7-17(12-15)22-3;3-1(4)2(5)6/h5-7,12,14,16H,4,8-11,13H2,1-3H3,(H,19,21);(H,3,4)(H,5,6). The summed E-state index contributed by atoms with van der Waals surface area (Å²) in [6, 6.07) is 8.49. The van der Waals surface area contributed by atoms with Gasteiger partial charge in [0.05, 0.1) is 7.11 Å². The summed E-state index contributed by atoms with van der Waals surface area (Å²) in [5.74, 6) is -2.34. The molecule has 8 heteroatoms. The topological polar surface area (TPSA) is 116 Å². The minimum Gasteiger partial charge on any atom is -0.497 e. The van der Waals surface area contributed by atoms with Crippen LogP contribution in [0.4, 0.5) is 0 Å². The van der Waals surface area contributed by atoms with Crippen molar-refractivity contribution in [1.29, 1.82) is 0 Å². The van der Waals surface area contributed by atoms with E-state index in [-0.39, 0.29) is 17.9 Å². The fourth-order valence-electron chi connectivity index (χ4n) is 2.85. The fraction of sp³-hybridized carbons (Fsp3) is 0.550. The molecule has 1 fully saturated rings. The number of benzene rings is 1. The molecular formula is C20H30N2O6. The molecule has 0 bridgehead atoms. The molecule has 156 valence electrons. The van der Waals surface area contributed by atoms with E-state index in [9.17, 15) is 4.79 Å². The molecule has 1 aliphatic heterocycles. The van der Waals surface area contributed by atoms with E-state index in [0.717, 1.165) is 44.6 Å². The van der Waals surface area contributed by atoms with Crippen LogP contribution in [-0.4, -0.2) is 59.2 Å². The number of aliphatic carboxylic acids is 2. The van der Waals surface area contributed by atoms with Gasteiger partial charge < -0.3 is 20.3 Å². The molecule has 1 aromatic rings. The highest BCUT2D eigenvalue weighted by molar-refractivity contribution is 6.27. The molecule has 8 nitrogen and oxygen atoms in total. The number of carbonyl (C=O) groups is 3. The van der Waals surface area contributed by atoms with Crippen LogP contribution in [0.15, 0.2) is 24.3 Å². The van der Waals surface area contributed by atoms with Crippen molar-refractivity contribution in [2.75, 3.05) is 20.2 Å². The van der Waals surface area contributed by atoms with E-state index in [4.69, 9.17) is 24.5 Å². The Morgan fingerprint density at radius 1 is 1.21 bits per heavy atom. The molecular weight excluding hydrogens is 364 g/mol. The smallest absolute Gasteiger partial charge is 0.414 e. The van der Waals surface area contributed by atoms with Gasteiger partial charge in [0.25, 0.3) is 0 Å². The molecule has 1 unspecified atom stereocenters. The molecule has 1 amide bonds. The van der Waals surface area contributed by atoms with Crippen LogP contribution in [-0.2, 0) is 20.9 Å². The number of rotatable bonds is 6. The lowest BCUT2D eigenvalue weighted by atomic mass is 9.95. The highest BCUT2D eigenvalue weighted by Crippen LogP contribution is 2.21. The van der Waals surface area contributed by atoms with Crippen molar-refractivity contribution in [1.82, 2.24) is 10.2 Å². The lowest BCUT2D eigenvalue weighted by Crippen LogP contribution is -2.42. The number of carboxylic acids is 2. The molecule has 1 aliphatic rings. The van der Waals surface area contributed by atoms with Crippen LogP contribution >= 0.6 is 0 Å². The Balaban J connectivity index is 0.000000568. The second-order valence-electron chi connectivity index (χ2n) is 6.83. The summed E-state index contributed by atoms with van der Waals surface area (Å²) in [5, 5.41) is 17.9. The number of hydrogen-bond donors (Lipinski definition) is 3. The monoisotopic (exact) mass is 394 g/mol. The number of methoxy groups -OCH3 is 1. The zero-order valence-corrected chi connectivity index (χ0v) is 16.7. The highest BCUT2D eigenvalue weighted by atomic mass is 16.5. The maximum Gasteiger partial charge on any atom is 0.414 e. The van der Waals surface area contributed by atoms with Gasteiger partial charge >= 0.3 is 11.9 Å². The van der Waals surface area contributed by atoms with Crippen molar-refractivity contribution in [3.05, 3.63) is 29.8 Å². The average Bonchev–Trinajstić information content (AvgIpc) is 2.68. The van der Waals surface area contributed by atoms with E-state index < -0.39 is 11.9 Å². The largest absolute Gasteiger partial charge is 0.497 e. The number of carboxylic acid groups (broad SMARTS) is 2. The number of amides is 1. The van der Waals surface area contributed by atoms with Crippen molar-refractivity contribution in [2.45, 2.75) is 45.7 Å². The number of ether oxygens (including phenoxy) is 1. The SMILES string of the molecule is CCC(C)NC(=O)C1CCN(Cc2cccc(OC)c2)CC1.O=C(O)C(=O)O. The summed E-state index contributed by atoms with van der Waals surface area (Å²) in [6.45, 7) is 7.06. The third kappa shape index (κ3) is 8.39. The summed E-state index contributed by atoms with van der Waals surface area (Å²) in [7, 11) is 1.69. The predicted molar refractivity (Wildman–Crippen MR) is 104 cm³/mol.